The molecule has 2 aromatic carbocycles. The van der Waals surface area contributed by atoms with Gasteiger partial charge in [-0.05, 0) is 37.1 Å². The number of ether oxygens (including phenoxy) is 1. The summed E-state index contributed by atoms with van der Waals surface area (Å²) < 4.78 is 7.17. The van der Waals surface area contributed by atoms with Crippen molar-refractivity contribution in [2.24, 2.45) is 0 Å². The minimum absolute atomic E-state index is 0.00904. The highest BCUT2D eigenvalue weighted by atomic mass is 32.1. The first kappa shape index (κ1) is 24.7. The third-order valence-corrected chi connectivity index (χ3v) is 7.12. The number of Topliss-reactive ketones (excluding diaryl/α,β-unsaturated/α-hetero) is 1. The third-order valence-electron chi connectivity index (χ3n) is 5.85. The normalized spacial score (nSPS) is 11.2. The number of allylic oxidation sites excluding steroid dienone is 1. The predicted molar refractivity (Wildman–Crippen MR) is 140 cm³/mol. The molecule has 6 nitrogen and oxygen atoms in total. The van der Waals surface area contributed by atoms with Crippen LogP contribution in [0.4, 0.5) is 0 Å². The molecule has 36 heavy (non-hydrogen) atoms. The van der Waals surface area contributed by atoms with Crippen LogP contribution in [-0.2, 0) is 22.5 Å². The fourth-order valence-electron chi connectivity index (χ4n) is 4.11. The Labute approximate surface area is 213 Å². The van der Waals surface area contributed by atoms with Gasteiger partial charge in [0.25, 0.3) is 0 Å². The number of carbonyl (C=O) groups excluding carboxylic acids is 2. The van der Waals surface area contributed by atoms with Crippen LogP contribution in [0.2, 0.25) is 0 Å². The molecule has 2 heterocycles. The quantitative estimate of drug-likeness (QED) is 0.175. The molecule has 0 aliphatic rings. The van der Waals surface area contributed by atoms with Crippen LogP contribution < -0.4 is 0 Å². The molecule has 0 saturated heterocycles. The molecule has 0 spiro atoms. The van der Waals surface area contributed by atoms with Crippen molar-refractivity contribution in [2.45, 2.75) is 26.8 Å². The van der Waals surface area contributed by atoms with Gasteiger partial charge < -0.3 is 9.30 Å². The lowest BCUT2D eigenvalue weighted by molar-refractivity contribution is -0.114. The monoisotopic (exact) mass is 493 g/mol. The van der Waals surface area contributed by atoms with Crippen molar-refractivity contribution in [3.63, 3.8) is 0 Å². The minimum Gasteiger partial charge on any atom is -0.462 e. The standard InChI is InChI=1S/C29H23N3O3S/c1-3-35-29(34)28-19(2)24(16-31)27(36-28)14-26(33)21(15-30)13-22-18-32(17-20-9-5-4-6-10-20)25-12-8-7-11-23(22)25/h4-13,18H,3,14,17H2,1-2H3/b21-13+. The third kappa shape index (κ3) is 4.98. The molecule has 0 aliphatic heterocycles. The summed E-state index contributed by atoms with van der Waals surface area (Å²) in [5, 5.41) is 20.4. The molecule has 0 fully saturated rings. The Morgan fingerprint density at radius 3 is 2.50 bits per heavy atom. The maximum Gasteiger partial charge on any atom is 0.348 e. The highest BCUT2D eigenvalue weighted by molar-refractivity contribution is 7.14. The molecule has 2 aromatic heterocycles. The molecular formula is C29H23N3O3S. The molecular weight excluding hydrogens is 470 g/mol. The van der Waals surface area contributed by atoms with Crippen LogP contribution in [0.3, 0.4) is 0 Å². The summed E-state index contributed by atoms with van der Waals surface area (Å²) in [6.45, 7) is 4.24. The van der Waals surface area contributed by atoms with Crippen LogP contribution in [0, 0.1) is 29.6 Å². The molecule has 0 saturated carbocycles. The topological polar surface area (TPSA) is 95.9 Å². The van der Waals surface area contributed by atoms with Gasteiger partial charge in [-0.25, -0.2) is 4.79 Å². The van der Waals surface area contributed by atoms with Gasteiger partial charge in [-0.1, -0.05) is 48.5 Å². The SMILES string of the molecule is CCOC(=O)c1sc(CC(=O)/C(C#N)=C/c2cn(Cc3ccccc3)c3ccccc23)c(C#N)c1C. The number of rotatable bonds is 8. The van der Waals surface area contributed by atoms with Crippen LogP contribution in [0.1, 0.15) is 43.7 Å². The Morgan fingerprint density at radius 2 is 1.81 bits per heavy atom. The second-order valence-electron chi connectivity index (χ2n) is 8.17. The summed E-state index contributed by atoms with van der Waals surface area (Å²) in [4.78, 5) is 26.2. The number of ketones is 1. The summed E-state index contributed by atoms with van der Waals surface area (Å²) >= 11 is 1.07. The van der Waals surface area contributed by atoms with Crippen molar-refractivity contribution in [3.8, 4) is 12.1 Å². The average molecular weight is 494 g/mol. The van der Waals surface area contributed by atoms with E-state index in [1.54, 1.807) is 19.9 Å². The molecule has 178 valence electrons. The number of esters is 1. The van der Waals surface area contributed by atoms with E-state index in [0.717, 1.165) is 33.4 Å². The van der Waals surface area contributed by atoms with Gasteiger partial charge in [0.15, 0.2) is 5.78 Å². The maximum atomic E-state index is 13.1. The first-order valence-corrected chi connectivity index (χ1v) is 12.2. The average Bonchev–Trinajstić information content (AvgIpc) is 3.39. The number of nitriles is 2. The van der Waals surface area contributed by atoms with E-state index in [-0.39, 0.29) is 24.2 Å². The van der Waals surface area contributed by atoms with Crippen LogP contribution in [-0.4, -0.2) is 22.9 Å². The molecule has 0 aliphatic carbocycles. The second-order valence-corrected chi connectivity index (χ2v) is 9.28. The molecule has 0 N–H and O–H groups in total. The summed E-state index contributed by atoms with van der Waals surface area (Å²) in [6.07, 6.45) is 3.40. The van der Waals surface area contributed by atoms with E-state index in [0.29, 0.717) is 21.9 Å². The number of aromatic nitrogens is 1. The van der Waals surface area contributed by atoms with Gasteiger partial charge in [-0.15, -0.1) is 11.3 Å². The molecule has 0 bridgehead atoms. The predicted octanol–water partition coefficient (Wildman–Crippen LogP) is 5.83. The number of nitrogens with zero attached hydrogens (tertiary/aromatic N) is 3. The van der Waals surface area contributed by atoms with Gasteiger partial charge >= 0.3 is 5.97 Å². The smallest absolute Gasteiger partial charge is 0.348 e. The summed E-state index contributed by atoms with van der Waals surface area (Å²) in [6, 6.07) is 22.0. The van der Waals surface area contributed by atoms with E-state index in [1.807, 2.05) is 54.7 Å². The summed E-state index contributed by atoms with van der Waals surface area (Å²) in [5.41, 5.74) is 3.67. The van der Waals surface area contributed by atoms with Gasteiger partial charge in [-0.2, -0.15) is 10.5 Å². The lowest BCUT2D eigenvalue weighted by Crippen LogP contribution is -2.05. The molecule has 0 atom stereocenters. The first-order chi connectivity index (χ1) is 17.5. The van der Waals surface area contributed by atoms with Gasteiger partial charge in [0.2, 0.25) is 0 Å². The lowest BCUT2D eigenvalue weighted by atomic mass is 10.0. The van der Waals surface area contributed by atoms with E-state index in [9.17, 15) is 20.1 Å². The van der Waals surface area contributed by atoms with E-state index < -0.39 is 11.8 Å². The zero-order valence-electron chi connectivity index (χ0n) is 19.9. The molecule has 0 unspecified atom stereocenters. The van der Waals surface area contributed by atoms with Gasteiger partial charge in [0.1, 0.15) is 17.0 Å². The Hall–Kier alpha value is -4.46. The molecule has 0 amide bonds. The maximum absolute atomic E-state index is 13.1. The van der Waals surface area contributed by atoms with Gasteiger partial charge in [-0.3, -0.25) is 4.79 Å². The number of hydrogen-bond donors (Lipinski definition) is 0. The largest absolute Gasteiger partial charge is 0.462 e. The zero-order chi connectivity index (χ0) is 25.7. The van der Waals surface area contributed by atoms with Crippen LogP contribution >= 0.6 is 11.3 Å². The number of benzene rings is 2. The van der Waals surface area contributed by atoms with E-state index >= 15 is 0 Å². The van der Waals surface area contributed by atoms with Gasteiger partial charge in [0, 0.05) is 40.5 Å². The fourth-order valence-corrected chi connectivity index (χ4v) is 5.26. The van der Waals surface area contributed by atoms with Crippen LogP contribution in [0.25, 0.3) is 17.0 Å². The Bertz CT molecular complexity index is 1560. The van der Waals surface area contributed by atoms with Crippen molar-refractivity contribution >= 4 is 40.1 Å². The van der Waals surface area contributed by atoms with Crippen LogP contribution in [0.5, 0.6) is 0 Å². The van der Waals surface area contributed by atoms with Gasteiger partial charge in [0.05, 0.1) is 17.7 Å². The fraction of sp³-hybridized carbons (Fsp3) is 0.172. The van der Waals surface area contributed by atoms with E-state index in [1.165, 1.54) is 0 Å². The number of hydrogen-bond acceptors (Lipinski definition) is 6. The lowest BCUT2D eigenvalue weighted by Gasteiger charge is -2.05. The van der Waals surface area contributed by atoms with Crippen molar-refractivity contribution in [1.29, 1.82) is 10.5 Å². The van der Waals surface area contributed by atoms with Crippen molar-refractivity contribution in [1.82, 2.24) is 4.57 Å². The number of carbonyl (C=O) groups is 2. The van der Waals surface area contributed by atoms with E-state index in [4.69, 9.17) is 4.74 Å². The zero-order valence-corrected chi connectivity index (χ0v) is 20.8. The Balaban J connectivity index is 1.67. The highest BCUT2D eigenvalue weighted by Crippen LogP contribution is 2.30. The number of para-hydroxylation sites is 1. The Kier molecular flexibility index (Phi) is 7.44. The second kappa shape index (κ2) is 10.9. The molecule has 0 radical (unpaired) electrons. The first-order valence-electron chi connectivity index (χ1n) is 11.4. The number of thiophene rings is 1. The number of fused-ring (bicyclic) bond motifs is 1. The highest BCUT2D eigenvalue weighted by Gasteiger charge is 2.23. The van der Waals surface area contributed by atoms with E-state index in [2.05, 4.69) is 22.8 Å². The summed E-state index contributed by atoms with van der Waals surface area (Å²) in [5.74, 6) is -0.928. The van der Waals surface area contributed by atoms with Crippen LogP contribution in [0.15, 0.2) is 66.4 Å². The Morgan fingerprint density at radius 1 is 1.08 bits per heavy atom. The molecule has 4 rings (SSSR count). The van der Waals surface area contributed by atoms with Crippen molar-refractivity contribution in [2.75, 3.05) is 6.61 Å². The molecule has 7 heteroatoms. The van der Waals surface area contributed by atoms with Crippen molar-refractivity contribution < 1.29 is 14.3 Å². The minimum atomic E-state index is -0.516. The molecule has 4 aromatic rings. The van der Waals surface area contributed by atoms with Crippen molar-refractivity contribution in [3.05, 3.63) is 98.4 Å². The summed E-state index contributed by atoms with van der Waals surface area (Å²) in [7, 11) is 0.